The van der Waals surface area contributed by atoms with Gasteiger partial charge in [0.25, 0.3) is 0 Å². The Morgan fingerprint density at radius 3 is 2.69 bits per heavy atom. The fourth-order valence-corrected chi connectivity index (χ4v) is 1.19. The second kappa shape index (κ2) is 7.27. The number of ether oxygens (including phenoxy) is 1. The van der Waals surface area contributed by atoms with Gasteiger partial charge in [-0.05, 0) is 17.7 Å². The molecule has 0 amide bonds. The van der Waals surface area contributed by atoms with Gasteiger partial charge in [-0.2, -0.15) is 0 Å². The first kappa shape index (κ1) is 13.0. The molecule has 1 aromatic rings. The van der Waals surface area contributed by atoms with Crippen LogP contribution in [0.15, 0.2) is 18.2 Å². The Kier molecular flexibility index (Phi) is 5.92. The molecular weight excluding hydrogens is 216 g/mol. The summed E-state index contributed by atoms with van der Waals surface area (Å²) in [5.74, 6) is -1.68. The van der Waals surface area contributed by atoms with Crippen LogP contribution < -0.4 is 5.32 Å². The van der Waals surface area contributed by atoms with Crippen molar-refractivity contribution < 1.29 is 18.6 Å². The predicted octanol–water partition coefficient (Wildman–Crippen LogP) is 1.06. The lowest BCUT2D eigenvalue weighted by molar-refractivity contribution is 0.0938. The van der Waals surface area contributed by atoms with Gasteiger partial charge in [0.05, 0.1) is 19.8 Å². The summed E-state index contributed by atoms with van der Waals surface area (Å²) in [5, 5.41) is 11.4. The molecule has 0 saturated heterocycles. The van der Waals surface area contributed by atoms with Crippen molar-refractivity contribution in [2.45, 2.75) is 6.54 Å². The van der Waals surface area contributed by atoms with E-state index in [1.165, 1.54) is 6.07 Å². The van der Waals surface area contributed by atoms with Gasteiger partial charge in [0, 0.05) is 13.1 Å². The van der Waals surface area contributed by atoms with Crippen LogP contribution in [-0.2, 0) is 11.3 Å². The van der Waals surface area contributed by atoms with Crippen LogP contribution in [0.4, 0.5) is 8.78 Å². The first-order valence-electron chi connectivity index (χ1n) is 5.07. The van der Waals surface area contributed by atoms with Gasteiger partial charge in [-0.3, -0.25) is 0 Å². The lowest BCUT2D eigenvalue weighted by Gasteiger charge is -2.05. The summed E-state index contributed by atoms with van der Waals surface area (Å²) in [6, 6.07) is 3.80. The summed E-state index contributed by atoms with van der Waals surface area (Å²) in [6.45, 7) is 1.85. The van der Waals surface area contributed by atoms with Crippen molar-refractivity contribution >= 4 is 0 Å². The normalized spacial score (nSPS) is 10.7. The molecule has 3 nitrogen and oxygen atoms in total. The van der Waals surface area contributed by atoms with Crippen LogP contribution in [0.3, 0.4) is 0 Å². The minimum atomic E-state index is -0.838. The van der Waals surface area contributed by atoms with E-state index in [1.807, 2.05) is 0 Å². The molecule has 1 rings (SSSR count). The average molecular weight is 231 g/mol. The zero-order valence-corrected chi connectivity index (χ0v) is 8.88. The number of halogens is 2. The minimum Gasteiger partial charge on any atom is -0.394 e. The van der Waals surface area contributed by atoms with Crippen LogP contribution in [0.2, 0.25) is 0 Å². The molecular formula is C11H15F2NO2. The summed E-state index contributed by atoms with van der Waals surface area (Å²) in [6.07, 6.45) is 0. The Balaban J connectivity index is 2.19. The fourth-order valence-electron chi connectivity index (χ4n) is 1.19. The van der Waals surface area contributed by atoms with Gasteiger partial charge in [-0.1, -0.05) is 6.07 Å². The summed E-state index contributed by atoms with van der Waals surface area (Å²) >= 11 is 0. The lowest BCUT2D eigenvalue weighted by Crippen LogP contribution is -2.20. The van der Waals surface area contributed by atoms with Crippen LogP contribution in [-0.4, -0.2) is 31.5 Å². The molecule has 16 heavy (non-hydrogen) atoms. The largest absolute Gasteiger partial charge is 0.394 e. The highest BCUT2D eigenvalue weighted by atomic mass is 19.2. The van der Waals surface area contributed by atoms with Gasteiger partial charge in [0.1, 0.15) is 0 Å². The number of benzene rings is 1. The summed E-state index contributed by atoms with van der Waals surface area (Å²) in [4.78, 5) is 0. The van der Waals surface area contributed by atoms with Gasteiger partial charge in [0.2, 0.25) is 0 Å². The molecule has 0 aromatic heterocycles. The topological polar surface area (TPSA) is 41.5 Å². The van der Waals surface area contributed by atoms with E-state index < -0.39 is 11.6 Å². The highest BCUT2D eigenvalue weighted by Gasteiger charge is 2.01. The summed E-state index contributed by atoms with van der Waals surface area (Å²) < 4.78 is 30.4. The first-order valence-corrected chi connectivity index (χ1v) is 5.07. The van der Waals surface area contributed by atoms with Crippen molar-refractivity contribution in [3.63, 3.8) is 0 Å². The van der Waals surface area contributed by atoms with E-state index in [9.17, 15) is 8.78 Å². The third-order valence-corrected chi connectivity index (χ3v) is 1.97. The van der Waals surface area contributed by atoms with Crippen LogP contribution >= 0.6 is 0 Å². The van der Waals surface area contributed by atoms with E-state index in [-0.39, 0.29) is 6.61 Å². The van der Waals surface area contributed by atoms with E-state index >= 15 is 0 Å². The Bertz CT molecular complexity index is 321. The van der Waals surface area contributed by atoms with Crippen molar-refractivity contribution in [1.82, 2.24) is 5.32 Å². The molecule has 2 N–H and O–H groups in total. The second-order valence-electron chi connectivity index (χ2n) is 3.26. The second-order valence-corrected chi connectivity index (χ2v) is 3.26. The van der Waals surface area contributed by atoms with E-state index in [1.54, 1.807) is 0 Å². The maximum Gasteiger partial charge on any atom is 0.159 e. The molecule has 0 unspecified atom stereocenters. The Morgan fingerprint density at radius 2 is 2.00 bits per heavy atom. The van der Waals surface area contributed by atoms with Crippen LogP contribution in [0.25, 0.3) is 0 Å². The highest BCUT2D eigenvalue weighted by molar-refractivity contribution is 5.17. The third-order valence-electron chi connectivity index (χ3n) is 1.97. The number of rotatable bonds is 7. The zero-order chi connectivity index (χ0) is 11.8. The van der Waals surface area contributed by atoms with Crippen molar-refractivity contribution in [1.29, 1.82) is 0 Å². The maximum atomic E-state index is 12.8. The summed E-state index contributed by atoms with van der Waals surface area (Å²) in [7, 11) is 0. The van der Waals surface area contributed by atoms with E-state index in [0.717, 1.165) is 12.1 Å². The zero-order valence-electron chi connectivity index (χ0n) is 8.88. The molecule has 0 radical (unpaired) electrons. The van der Waals surface area contributed by atoms with Crippen molar-refractivity contribution in [3.05, 3.63) is 35.4 Å². The molecule has 0 atom stereocenters. The van der Waals surface area contributed by atoms with Gasteiger partial charge in [-0.25, -0.2) is 8.78 Å². The minimum absolute atomic E-state index is 0.00315. The Hall–Kier alpha value is -1.04. The van der Waals surface area contributed by atoms with E-state index in [2.05, 4.69) is 5.32 Å². The number of hydrogen-bond acceptors (Lipinski definition) is 3. The molecule has 0 bridgehead atoms. The number of nitrogens with one attached hydrogen (secondary N) is 1. The molecule has 1 aromatic carbocycles. The lowest BCUT2D eigenvalue weighted by atomic mass is 10.2. The molecule has 0 aliphatic rings. The smallest absolute Gasteiger partial charge is 0.159 e. The highest BCUT2D eigenvalue weighted by Crippen LogP contribution is 2.07. The maximum absolute atomic E-state index is 12.8. The van der Waals surface area contributed by atoms with Crippen LogP contribution in [0.5, 0.6) is 0 Å². The number of hydrogen-bond donors (Lipinski definition) is 2. The fraction of sp³-hybridized carbons (Fsp3) is 0.455. The van der Waals surface area contributed by atoms with Gasteiger partial charge in [0.15, 0.2) is 11.6 Å². The van der Waals surface area contributed by atoms with E-state index in [4.69, 9.17) is 9.84 Å². The molecule has 5 heteroatoms. The molecule has 0 spiro atoms. The van der Waals surface area contributed by atoms with Gasteiger partial charge in [-0.15, -0.1) is 0 Å². The summed E-state index contributed by atoms with van der Waals surface area (Å²) in [5.41, 5.74) is 0.682. The third kappa shape index (κ3) is 4.65. The van der Waals surface area contributed by atoms with Gasteiger partial charge >= 0.3 is 0 Å². The molecule has 0 aliphatic carbocycles. The van der Waals surface area contributed by atoms with Crippen molar-refractivity contribution in [2.24, 2.45) is 0 Å². The predicted molar refractivity (Wildman–Crippen MR) is 56.0 cm³/mol. The van der Waals surface area contributed by atoms with Crippen molar-refractivity contribution in [2.75, 3.05) is 26.4 Å². The number of aliphatic hydroxyl groups excluding tert-OH is 1. The van der Waals surface area contributed by atoms with Crippen LogP contribution in [0, 0.1) is 11.6 Å². The molecule has 0 saturated carbocycles. The molecule has 0 aliphatic heterocycles. The van der Waals surface area contributed by atoms with Gasteiger partial charge < -0.3 is 15.2 Å². The molecule has 90 valence electrons. The number of aliphatic hydroxyl groups is 1. The standard InChI is InChI=1S/C11H15F2NO2/c12-10-2-1-9(7-11(10)13)8-14-3-5-16-6-4-15/h1-2,7,14-15H,3-6,8H2. The van der Waals surface area contributed by atoms with Crippen molar-refractivity contribution in [3.8, 4) is 0 Å². The molecule has 0 fully saturated rings. The Morgan fingerprint density at radius 1 is 1.19 bits per heavy atom. The monoisotopic (exact) mass is 231 g/mol. The first-order chi connectivity index (χ1) is 7.74. The SMILES string of the molecule is OCCOCCNCc1ccc(F)c(F)c1. The molecule has 0 heterocycles. The average Bonchev–Trinajstić information content (AvgIpc) is 2.28. The van der Waals surface area contributed by atoms with Crippen LogP contribution in [0.1, 0.15) is 5.56 Å². The quantitative estimate of drug-likeness (QED) is 0.689. The Labute approximate surface area is 93.0 Å². The van der Waals surface area contributed by atoms with E-state index in [0.29, 0.717) is 31.9 Å².